The normalized spacial score (nSPS) is 9.93. The first-order valence-electron chi connectivity index (χ1n) is 4.83. The highest BCUT2D eigenvalue weighted by molar-refractivity contribution is 5.85. The molecule has 0 fully saturated rings. The molecule has 0 radical (unpaired) electrons. The lowest BCUT2D eigenvalue weighted by Gasteiger charge is -2.15. The Balaban J connectivity index is 0.00000169. The first kappa shape index (κ1) is 13.1. The zero-order valence-electron chi connectivity index (χ0n) is 8.79. The van der Waals surface area contributed by atoms with Crippen molar-refractivity contribution < 1.29 is 0 Å². The molecular formula is C11H19ClN2. The van der Waals surface area contributed by atoms with Crippen LogP contribution < -0.4 is 11.5 Å². The van der Waals surface area contributed by atoms with E-state index in [1.807, 2.05) is 18.2 Å². The van der Waals surface area contributed by atoms with Crippen molar-refractivity contribution in [3.63, 3.8) is 0 Å². The molecule has 0 bridgehead atoms. The minimum absolute atomic E-state index is 0. The van der Waals surface area contributed by atoms with Gasteiger partial charge in [-0.1, -0.05) is 13.8 Å². The van der Waals surface area contributed by atoms with Crippen molar-refractivity contribution in [2.24, 2.45) is 0 Å². The fraction of sp³-hybridized carbons (Fsp3) is 0.455. The number of hydrogen-bond donors (Lipinski definition) is 2. The van der Waals surface area contributed by atoms with E-state index in [0.717, 1.165) is 24.2 Å². The third kappa shape index (κ3) is 2.81. The van der Waals surface area contributed by atoms with Crippen molar-refractivity contribution in [2.75, 3.05) is 11.5 Å². The maximum Gasteiger partial charge on any atom is 0.0350 e. The molecular weight excluding hydrogens is 196 g/mol. The van der Waals surface area contributed by atoms with Gasteiger partial charge in [0.2, 0.25) is 0 Å². The van der Waals surface area contributed by atoms with Gasteiger partial charge in [0, 0.05) is 11.4 Å². The van der Waals surface area contributed by atoms with E-state index in [2.05, 4.69) is 13.8 Å². The number of anilines is 2. The number of hydrogen-bond acceptors (Lipinski definition) is 2. The van der Waals surface area contributed by atoms with Gasteiger partial charge in [-0.15, -0.1) is 12.4 Å². The Hall–Kier alpha value is -0.890. The molecule has 2 nitrogen and oxygen atoms in total. The van der Waals surface area contributed by atoms with E-state index in [-0.39, 0.29) is 12.4 Å². The second kappa shape index (κ2) is 5.76. The minimum Gasteiger partial charge on any atom is -0.399 e. The van der Waals surface area contributed by atoms with E-state index in [0.29, 0.717) is 5.92 Å². The van der Waals surface area contributed by atoms with Gasteiger partial charge in [0.25, 0.3) is 0 Å². The predicted octanol–water partition coefficient (Wildman–Crippen LogP) is 3.18. The molecule has 0 aliphatic carbocycles. The van der Waals surface area contributed by atoms with E-state index >= 15 is 0 Å². The average molecular weight is 215 g/mol. The molecule has 0 atom stereocenters. The van der Waals surface area contributed by atoms with Crippen LogP contribution in [0.5, 0.6) is 0 Å². The Morgan fingerprint density at radius 1 is 1.14 bits per heavy atom. The van der Waals surface area contributed by atoms with Gasteiger partial charge in [-0.25, -0.2) is 0 Å². The summed E-state index contributed by atoms with van der Waals surface area (Å²) < 4.78 is 0. The fourth-order valence-corrected chi connectivity index (χ4v) is 1.68. The van der Waals surface area contributed by atoms with E-state index in [1.165, 1.54) is 5.56 Å². The first-order valence-corrected chi connectivity index (χ1v) is 4.83. The van der Waals surface area contributed by atoms with Crippen LogP contribution in [0.1, 0.15) is 38.2 Å². The maximum atomic E-state index is 5.89. The van der Waals surface area contributed by atoms with Gasteiger partial charge in [-0.05, 0) is 42.5 Å². The van der Waals surface area contributed by atoms with E-state index in [4.69, 9.17) is 11.5 Å². The van der Waals surface area contributed by atoms with Crippen LogP contribution in [0.4, 0.5) is 11.4 Å². The Morgan fingerprint density at radius 3 is 2.21 bits per heavy atom. The molecule has 0 unspecified atom stereocenters. The molecule has 1 rings (SSSR count). The van der Waals surface area contributed by atoms with Crippen molar-refractivity contribution >= 4 is 23.8 Å². The average Bonchev–Trinajstić information content (AvgIpc) is 2.13. The zero-order valence-corrected chi connectivity index (χ0v) is 9.60. The Labute approximate surface area is 92.1 Å². The topological polar surface area (TPSA) is 52.0 Å². The van der Waals surface area contributed by atoms with Crippen LogP contribution in [-0.2, 0) is 0 Å². The number of nitrogen functional groups attached to an aromatic ring is 2. The second-order valence-electron chi connectivity index (χ2n) is 3.40. The number of benzene rings is 1. The minimum atomic E-state index is 0. The van der Waals surface area contributed by atoms with Gasteiger partial charge < -0.3 is 11.5 Å². The van der Waals surface area contributed by atoms with Gasteiger partial charge in [-0.2, -0.15) is 0 Å². The van der Waals surface area contributed by atoms with Gasteiger partial charge in [0.1, 0.15) is 0 Å². The van der Waals surface area contributed by atoms with Crippen LogP contribution in [-0.4, -0.2) is 0 Å². The summed E-state index contributed by atoms with van der Waals surface area (Å²) in [6.45, 7) is 4.35. The summed E-state index contributed by atoms with van der Waals surface area (Å²) in [5.41, 5.74) is 14.5. The molecule has 1 aromatic rings. The summed E-state index contributed by atoms with van der Waals surface area (Å²) >= 11 is 0. The van der Waals surface area contributed by atoms with Crippen LogP contribution in [0.15, 0.2) is 18.2 Å². The van der Waals surface area contributed by atoms with Crippen LogP contribution in [0.25, 0.3) is 0 Å². The lowest BCUT2D eigenvalue weighted by Crippen LogP contribution is -2.02. The molecule has 3 heteroatoms. The van der Waals surface area contributed by atoms with Crippen LogP contribution in [0.2, 0.25) is 0 Å². The van der Waals surface area contributed by atoms with Crippen LogP contribution in [0.3, 0.4) is 0 Å². The van der Waals surface area contributed by atoms with Gasteiger partial charge in [0.05, 0.1) is 0 Å². The zero-order chi connectivity index (χ0) is 9.84. The molecule has 0 aliphatic heterocycles. The largest absolute Gasteiger partial charge is 0.399 e. The van der Waals surface area contributed by atoms with Crippen molar-refractivity contribution in [3.05, 3.63) is 23.8 Å². The summed E-state index contributed by atoms with van der Waals surface area (Å²) in [5.74, 6) is 0.545. The predicted molar refractivity (Wildman–Crippen MR) is 65.8 cm³/mol. The molecule has 4 N–H and O–H groups in total. The summed E-state index contributed by atoms with van der Waals surface area (Å²) in [6, 6.07) is 5.73. The molecule has 0 amide bonds. The monoisotopic (exact) mass is 214 g/mol. The molecule has 0 saturated heterocycles. The molecule has 80 valence electrons. The fourth-order valence-electron chi connectivity index (χ4n) is 1.68. The summed E-state index contributed by atoms with van der Waals surface area (Å²) in [7, 11) is 0. The van der Waals surface area contributed by atoms with Gasteiger partial charge in [-0.3, -0.25) is 0 Å². The standard InChI is InChI=1S/C11H18N2.ClH/c1-3-8(4-2)10-7-9(12)5-6-11(10)13;/h5-8H,3-4,12-13H2,1-2H3;1H. The van der Waals surface area contributed by atoms with Crippen LogP contribution >= 0.6 is 12.4 Å². The molecule has 0 aliphatic rings. The number of rotatable bonds is 3. The quantitative estimate of drug-likeness (QED) is 0.760. The number of halogens is 1. The Morgan fingerprint density at radius 2 is 1.71 bits per heavy atom. The van der Waals surface area contributed by atoms with Gasteiger partial charge >= 0.3 is 0 Å². The maximum absolute atomic E-state index is 5.89. The van der Waals surface area contributed by atoms with E-state index in [1.54, 1.807) is 0 Å². The summed E-state index contributed by atoms with van der Waals surface area (Å²) in [5, 5.41) is 0. The van der Waals surface area contributed by atoms with Crippen molar-refractivity contribution in [2.45, 2.75) is 32.6 Å². The second-order valence-corrected chi connectivity index (χ2v) is 3.40. The molecule has 0 heterocycles. The third-order valence-electron chi connectivity index (χ3n) is 2.54. The molecule has 14 heavy (non-hydrogen) atoms. The number of nitrogens with two attached hydrogens (primary N) is 2. The van der Waals surface area contributed by atoms with E-state index < -0.39 is 0 Å². The lowest BCUT2D eigenvalue weighted by molar-refractivity contribution is 0.644. The SMILES string of the molecule is CCC(CC)c1cc(N)ccc1N.Cl. The van der Waals surface area contributed by atoms with Crippen molar-refractivity contribution in [1.82, 2.24) is 0 Å². The summed E-state index contributed by atoms with van der Waals surface area (Å²) in [6.07, 6.45) is 2.23. The van der Waals surface area contributed by atoms with Crippen LogP contribution in [0, 0.1) is 0 Å². The Kier molecular flexibility index (Phi) is 5.39. The lowest BCUT2D eigenvalue weighted by atomic mass is 9.92. The van der Waals surface area contributed by atoms with Crippen molar-refractivity contribution in [3.8, 4) is 0 Å². The molecule has 0 aromatic heterocycles. The molecule has 0 spiro atoms. The Bertz CT molecular complexity index is 283. The first-order chi connectivity index (χ1) is 6.19. The third-order valence-corrected chi connectivity index (χ3v) is 2.54. The van der Waals surface area contributed by atoms with Gasteiger partial charge in [0.15, 0.2) is 0 Å². The van der Waals surface area contributed by atoms with Crippen molar-refractivity contribution in [1.29, 1.82) is 0 Å². The smallest absolute Gasteiger partial charge is 0.0350 e. The van der Waals surface area contributed by atoms with E-state index in [9.17, 15) is 0 Å². The molecule has 0 saturated carbocycles. The highest BCUT2D eigenvalue weighted by Crippen LogP contribution is 2.29. The summed E-state index contributed by atoms with van der Waals surface area (Å²) in [4.78, 5) is 0. The molecule has 1 aromatic carbocycles. The highest BCUT2D eigenvalue weighted by atomic mass is 35.5. The highest BCUT2D eigenvalue weighted by Gasteiger charge is 2.09.